The van der Waals surface area contributed by atoms with Gasteiger partial charge in [0.1, 0.15) is 0 Å². The van der Waals surface area contributed by atoms with Gasteiger partial charge < -0.3 is 15.0 Å². The van der Waals surface area contributed by atoms with Crippen LogP contribution in [0.4, 0.5) is 0 Å². The molecular formula is C15H30IN3O2. The Kier molecular flexibility index (Phi) is 9.98. The number of aliphatic imine (C=N–C) groups is 1. The minimum absolute atomic E-state index is 0. The fraction of sp³-hybridized carbons (Fsp3) is 0.867. The van der Waals surface area contributed by atoms with E-state index in [2.05, 4.69) is 36.0 Å². The molecule has 1 aliphatic rings. The van der Waals surface area contributed by atoms with Crippen molar-refractivity contribution in [2.45, 2.75) is 33.6 Å². The minimum Gasteiger partial charge on any atom is -0.469 e. The number of ether oxygens (including phenoxy) is 1. The number of esters is 1. The first kappa shape index (κ1) is 20.5. The van der Waals surface area contributed by atoms with Crippen LogP contribution < -0.4 is 5.32 Å². The standard InChI is InChI=1S/C15H29N3O2.HI/c1-6-12(7-2)8-17-15(16-4)18-9-11(3)13(10-18)14(19)20-5;/h11-13H,6-10H2,1-5H3,(H,16,17);1H. The van der Waals surface area contributed by atoms with Gasteiger partial charge in [-0.3, -0.25) is 9.79 Å². The SMILES string of the molecule is CCC(CC)CNC(=NC)N1CC(C)C(C(=O)OC)C1.I. The second-order valence-corrected chi connectivity index (χ2v) is 5.62. The van der Waals surface area contributed by atoms with E-state index in [-0.39, 0.29) is 35.9 Å². The van der Waals surface area contributed by atoms with E-state index in [4.69, 9.17) is 4.74 Å². The van der Waals surface area contributed by atoms with Crippen molar-refractivity contribution in [3.05, 3.63) is 0 Å². The van der Waals surface area contributed by atoms with E-state index in [0.29, 0.717) is 18.4 Å². The van der Waals surface area contributed by atoms with Crippen LogP contribution in [0.1, 0.15) is 33.6 Å². The summed E-state index contributed by atoms with van der Waals surface area (Å²) < 4.78 is 4.87. The topological polar surface area (TPSA) is 53.9 Å². The second-order valence-electron chi connectivity index (χ2n) is 5.62. The number of halogens is 1. The molecule has 1 saturated heterocycles. The Morgan fingerprint density at radius 1 is 1.38 bits per heavy atom. The van der Waals surface area contributed by atoms with Crippen LogP contribution in [0.3, 0.4) is 0 Å². The molecule has 0 aromatic carbocycles. The number of likely N-dealkylation sites (tertiary alicyclic amines) is 1. The molecule has 0 saturated carbocycles. The Balaban J connectivity index is 0.00000400. The van der Waals surface area contributed by atoms with Crippen LogP contribution in [0.2, 0.25) is 0 Å². The summed E-state index contributed by atoms with van der Waals surface area (Å²) in [6.07, 6.45) is 2.34. The van der Waals surface area contributed by atoms with Gasteiger partial charge in [0.05, 0.1) is 13.0 Å². The summed E-state index contributed by atoms with van der Waals surface area (Å²) in [6.45, 7) is 9.00. The highest BCUT2D eigenvalue weighted by atomic mass is 127. The fourth-order valence-electron chi connectivity index (χ4n) is 2.74. The van der Waals surface area contributed by atoms with Crippen molar-refractivity contribution in [2.75, 3.05) is 33.8 Å². The van der Waals surface area contributed by atoms with Gasteiger partial charge in [-0.25, -0.2) is 0 Å². The Labute approximate surface area is 145 Å². The predicted molar refractivity (Wildman–Crippen MR) is 97.1 cm³/mol. The average Bonchev–Trinajstić information content (AvgIpc) is 2.85. The molecule has 0 aromatic heterocycles. The van der Waals surface area contributed by atoms with Crippen molar-refractivity contribution in [3.8, 4) is 0 Å². The number of rotatable bonds is 5. The molecule has 0 aliphatic carbocycles. The normalized spacial score (nSPS) is 22.2. The molecule has 0 aromatic rings. The Morgan fingerprint density at radius 3 is 2.48 bits per heavy atom. The van der Waals surface area contributed by atoms with Crippen LogP contribution in [0.25, 0.3) is 0 Å². The first-order chi connectivity index (χ1) is 9.57. The van der Waals surface area contributed by atoms with Crippen LogP contribution >= 0.6 is 24.0 Å². The molecule has 2 unspecified atom stereocenters. The van der Waals surface area contributed by atoms with Gasteiger partial charge in [0.15, 0.2) is 5.96 Å². The summed E-state index contributed by atoms with van der Waals surface area (Å²) >= 11 is 0. The molecule has 0 amide bonds. The molecule has 0 bridgehead atoms. The monoisotopic (exact) mass is 411 g/mol. The van der Waals surface area contributed by atoms with E-state index in [1.165, 1.54) is 20.0 Å². The number of carbonyl (C=O) groups excluding carboxylic acids is 1. The van der Waals surface area contributed by atoms with Crippen LogP contribution in [-0.4, -0.2) is 50.6 Å². The molecular weight excluding hydrogens is 381 g/mol. The first-order valence-corrected chi connectivity index (χ1v) is 7.60. The Morgan fingerprint density at radius 2 is 2.00 bits per heavy atom. The number of nitrogens with one attached hydrogen (secondary N) is 1. The zero-order valence-corrected chi connectivity index (χ0v) is 16.2. The number of carbonyl (C=O) groups is 1. The molecule has 5 nitrogen and oxygen atoms in total. The number of hydrogen-bond donors (Lipinski definition) is 1. The van der Waals surface area contributed by atoms with Gasteiger partial charge in [0.25, 0.3) is 0 Å². The summed E-state index contributed by atoms with van der Waals surface area (Å²) in [7, 11) is 3.25. The van der Waals surface area contributed by atoms with Crippen LogP contribution in [0, 0.1) is 17.8 Å². The third kappa shape index (κ3) is 5.64. The molecule has 6 heteroatoms. The Bertz CT molecular complexity index is 346. The number of hydrogen-bond acceptors (Lipinski definition) is 3. The molecule has 1 fully saturated rings. The van der Waals surface area contributed by atoms with Gasteiger partial charge in [-0.15, -0.1) is 24.0 Å². The van der Waals surface area contributed by atoms with Crippen molar-refractivity contribution in [1.82, 2.24) is 10.2 Å². The third-order valence-corrected chi connectivity index (χ3v) is 4.33. The largest absolute Gasteiger partial charge is 0.469 e. The lowest BCUT2D eigenvalue weighted by molar-refractivity contribution is -0.145. The summed E-state index contributed by atoms with van der Waals surface area (Å²) in [5.41, 5.74) is 0. The van der Waals surface area contributed by atoms with E-state index < -0.39 is 0 Å². The quantitative estimate of drug-likeness (QED) is 0.327. The summed E-state index contributed by atoms with van der Waals surface area (Å²) in [6, 6.07) is 0. The van der Waals surface area contributed by atoms with Crippen molar-refractivity contribution in [2.24, 2.45) is 22.7 Å². The van der Waals surface area contributed by atoms with E-state index in [1.807, 2.05) is 0 Å². The van der Waals surface area contributed by atoms with Gasteiger partial charge in [0, 0.05) is 26.7 Å². The second kappa shape index (κ2) is 10.2. The van der Waals surface area contributed by atoms with Gasteiger partial charge in [0.2, 0.25) is 0 Å². The van der Waals surface area contributed by atoms with Gasteiger partial charge in [-0.2, -0.15) is 0 Å². The number of guanidine groups is 1. The maximum Gasteiger partial charge on any atom is 0.310 e. The van der Waals surface area contributed by atoms with Crippen molar-refractivity contribution in [3.63, 3.8) is 0 Å². The lowest BCUT2D eigenvalue weighted by atomic mass is 9.99. The van der Waals surface area contributed by atoms with Crippen LogP contribution in [-0.2, 0) is 9.53 Å². The van der Waals surface area contributed by atoms with E-state index >= 15 is 0 Å². The summed E-state index contributed by atoms with van der Waals surface area (Å²) in [4.78, 5) is 18.2. The maximum atomic E-state index is 11.7. The highest BCUT2D eigenvalue weighted by Gasteiger charge is 2.36. The minimum atomic E-state index is -0.115. The molecule has 1 heterocycles. The van der Waals surface area contributed by atoms with Crippen molar-refractivity contribution < 1.29 is 9.53 Å². The number of nitrogens with zero attached hydrogens (tertiary/aromatic N) is 2. The highest BCUT2D eigenvalue weighted by Crippen LogP contribution is 2.24. The lowest BCUT2D eigenvalue weighted by Crippen LogP contribution is -2.42. The maximum absolute atomic E-state index is 11.7. The average molecular weight is 411 g/mol. The van der Waals surface area contributed by atoms with Crippen LogP contribution in [0.15, 0.2) is 4.99 Å². The van der Waals surface area contributed by atoms with E-state index in [9.17, 15) is 4.79 Å². The zero-order valence-electron chi connectivity index (χ0n) is 13.9. The lowest BCUT2D eigenvalue weighted by Gasteiger charge is -2.23. The molecule has 0 radical (unpaired) electrons. The fourth-order valence-corrected chi connectivity index (χ4v) is 2.74. The number of methoxy groups -OCH3 is 1. The molecule has 124 valence electrons. The van der Waals surface area contributed by atoms with Crippen molar-refractivity contribution in [1.29, 1.82) is 0 Å². The molecule has 2 atom stereocenters. The summed E-state index contributed by atoms with van der Waals surface area (Å²) in [5.74, 6) is 1.70. The van der Waals surface area contributed by atoms with Gasteiger partial charge in [-0.05, 0) is 11.8 Å². The third-order valence-electron chi connectivity index (χ3n) is 4.33. The van der Waals surface area contributed by atoms with E-state index in [1.54, 1.807) is 7.05 Å². The smallest absolute Gasteiger partial charge is 0.310 e. The molecule has 1 N–H and O–H groups in total. The zero-order chi connectivity index (χ0) is 15.1. The highest BCUT2D eigenvalue weighted by molar-refractivity contribution is 14.0. The Hall–Kier alpha value is -0.530. The van der Waals surface area contributed by atoms with Gasteiger partial charge in [-0.1, -0.05) is 33.6 Å². The van der Waals surface area contributed by atoms with Crippen LogP contribution in [0.5, 0.6) is 0 Å². The predicted octanol–water partition coefficient (Wildman–Crippen LogP) is 2.36. The summed E-state index contributed by atoms with van der Waals surface area (Å²) in [5, 5.41) is 3.44. The molecule has 21 heavy (non-hydrogen) atoms. The first-order valence-electron chi connectivity index (χ1n) is 7.60. The molecule has 1 rings (SSSR count). The van der Waals surface area contributed by atoms with E-state index in [0.717, 1.165) is 19.0 Å². The molecule has 1 aliphatic heterocycles. The molecule has 0 spiro atoms. The van der Waals surface area contributed by atoms with Gasteiger partial charge >= 0.3 is 5.97 Å². The van der Waals surface area contributed by atoms with Crippen molar-refractivity contribution >= 4 is 35.9 Å².